The first kappa shape index (κ1) is 18.4. The molecule has 27 heavy (non-hydrogen) atoms. The van der Waals surface area contributed by atoms with Crippen molar-refractivity contribution in [3.63, 3.8) is 0 Å². The highest BCUT2D eigenvalue weighted by Crippen LogP contribution is 2.43. The van der Waals surface area contributed by atoms with Crippen LogP contribution in [0.5, 0.6) is 0 Å². The number of carbonyl (C=O) groups excluding carboxylic acids is 2. The van der Waals surface area contributed by atoms with Gasteiger partial charge in [-0.25, -0.2) is 0 Å². The molecule has 0 atom stereocenters. The van der Waals surface area contributed by atoms with Crippen LogP contribution in [0, 0.1) is 0 Å². The molecule has 0 saturated carbocycles. The zero-order valence-corrected chi connectivity index (χ0v) is 15.4. The molecule has 5 nitrogen and oxygen atoms in total. The van der Waals surface area contributed by atoms with E-state index >= 15 is 0 Å². The second kappa shape index (κ2) is 6.57. The molecule has 4 rings (SSSR count). The van der Waals surface area contributed by atoms with Gasteiger partial charge in [-0.3, -0.25) is 9.59 Å². The van der Waals surface area contributed by atoms with Gasteiger partial charge >= 0.3 is 6.18 Å². The minimum Gasteiger partial charge on any atom is -0.367 e. The lowest BCUT2D eigenvalue weighted by molar-refractivity contribution is -0.138. The van der Waals surface area contributed by atoms with Crippen molar-refractivity contribution in [3.05, 3.63) is 56.3 Å². The maximum Gasteiger partial charge on any atom is 0.417 e. The van der Waals surface area contributed by atoms with Gasteiger partial charge in [0, 0.05) is 32.9 Å². The van der Waals surface area contributed by atoms with E-state index in [1.54, 1.807) is 0 Å². The number of Topliss-reactive ketones (excluding diaryl/α,β-unsaturated/α-hetero) is 2. The molecule has 1 N–H and O–H groups in total. The van der Waals surface area contributed by atoms with Gasteiger partial charge in [0.15, 0.2) is 11.6 Å². The molecule has 1 aromatic rings. The Morgan fingerprint density at radius 3 is 2.00 bits per heavy atom. The van der Waals surface area contributed by atoms with E-state index in [1.165, 1.54) is 12.1 Å². The van der Waals surface area contributed by atoms with Crippen molar-refractivity contribution < 1.29 is 32.2 Å². The van der Waals surface area contributed by atoms with Gasteiger partial charge in [-0.05, 0) is 17.7 Å². The van der Waals surface area contributed by atoms with E-state index in [0.29, 0.717) is 28.1 Å². The number of ether oxygens (including phenoxy) is 2. The number of benzene rings is 1. The number of alkyl halides is 3. The van der Waals surface area contributed by atoms with E-state index in [1.807, 2.05) is 0 Å². The highest BCUT2D eigenvalue weighted by molar-refractivity contribution is 9.10. The van der Waals surface area contributed by atoms with Crippen LogP contribution in [0.15, 0.2) is 45.2 Å². The number of hydrogen-bond acceptors (Lipinski definition) is 5. The van der Waals surface area contributed by atoms with Crippen LogP contribution in [0.2, 0.25) is 0 Å². The monoisotopic (exact) mass is 443 g/mol. The zero-order chi connectivity index (χ0) is 19.3. The Morgan fingerprint density at radius 2 is 1.52 bits per heavy atom. The van der Waals surface area contributed by atoms with Crippen molar-refractivity contribution in [2.24, 2.45) is 0 Å². The molecule has 0 bridgehead atoms. The van der Waals surface area contributed by atoms with Crippen molar-refractivity contribution >= 4 is 27.5 Å². The molecule has 9 heteroatoms. The summed E-state index contributed by atoms with van der Waals surface area (Å²) in [5.41, 5.74) is 1.37. The summed E-state index contributed by atoms with van der Waals surface area (Å²) >= 11 is 2.97. The topological polar surface area (TPSA) is 64.6 Å². The predicted molar refractivity (Wildman–Crippen MR) is 90.7 cm³/mol. The van der Waals surface area contributed by atoms with Gasteiger partial charge in [0.05, 0.1) is 18.8 Å². The van der Waals surface area contributed by atoms with Crippen molar-refractivity contribution in [3.8, 4) is 0 Å². The summed E-state index contributed by atoms with van der Waals surface area (Å²) in [6, 6.07) is 3.58. The maximum atomic E-state index is 13.1. The first-order chi connectivity index (χ1) is 12.8. The van der Waals surface area contributed by atoms with Crippen LogP contribution in [0.3, 0.4) is 0 Å². The van der Waals surface area contributed by atoms with Crippen LogP contribution in [-0.4, -0.2) is 38.0 Å². The SMILES string of the molecule is O=C1COCC2=C1C(c1ccc(C(F)(F)F)c(Br)c1)C1=C(COCC1=O)N2. The summed E-state index contributed by atoms with van der Waals surface area (Å²) in [6.45, 7) is 0.0486. The fourth-order valence-corrected chi connectivity index (χ4v) is 4.24. The first-order valence-electron chi connectivity index (χ1n) is 8.09. The lowest BCUT2D eigenvalue weighted by Gasteiger charge is -2.37. The van der Waals surface area contributed by atoms with Gasteiger partial charge in [-0.2, -0.15) is 13.2 Å². The number of nitrogens with one attached hydrogen (secondary N) is 1. The lowest BCUT2D eigenvalue weighted by atomic mass is 9.76. The number of carbonyl (C=O) groups is 2. The van der Waals surface area contributed by atoms with Gasteiger partial charge in [0.2, 0.25) is 0 Å². The number of hydrogen-bond donors (Lipinski definition) is 1. The minimum absolute atomic E-state index is 0.133. The fraction of sp³-hybridized carbons (Fsp3) is 0.333. The van der Waals surface area contributed by atoms with E-state index in [4.69, 9.17) is 9.47 Å². The number of ketones is 2. The van der Waals surface area contributed by atoms with Crippen molar-refractivity contribution in [1.29, 1.82) is 0 Å². The van der Waals surface area contributed by atoms with Gasteiger partial charge in [0.25, 0.3) is 0 Å². The van der Waals surface area contributed by atoms with Crippen molar-refractivity contribution in [2.75, 3.05) is 26.4 Å². The smallest absolute Gasteiger partial charge is 0.367 e. The molecule has 0 radical (unpaired) electrons. The Labute approximate surface area is 160 Å². The number of dihydropyridines is 1. The first-order valence-corrected chi connectivity index (χ1v) is 8.88. The molecule has 142 valence electrons. The summed E-state index contributed by atoms with van der Waals surface area (Å²) in [5.74, 6) is -1.34. The molecule has 3 heterocycles. The number of rotatable bonds is 1. The molecule has 0 amide bonds. The summed E-state index contributed by atoms with van der Waals surface area (Å²) in [6.07, 6.45) is -4.51. The molecule has 3 aliphatic rings. The van der Waals surface area contributed by atoms with Crippen molar-refractivity contribution in [2.45, 2.75) is 12.1 Å². The third-order valence-corrected chi connectivity index (χ3v) is 5.38. The summed E-state index contributed by atoms with van der Waals surface area (Å²) in [7, 11) is 0. The highest BCUT2D eigenvalue weighted by atomic mass is 79.9. The third kappa shape index (κ3) is 3.13. The van der Waals surface area contributed by atoms with Crippen LogP contribution in [-0.2, 0) is 25.2 Å². The molecule has 0 aliphatic carbocycles. The van der Waals surface area contributed by atoms with E-state index in [9.17, 15) is 22.8 Å². The van der Waals surface area contributed by atoms with Crippen LogP contribution in [0.4, 0.5) is 13.2 Å². The molecule has 1 aromatic carbocycles. The van der Waals surface area contributed by atoms with E-state index in [-0.39, 0.29) is 42.5 Å². The van der Waals surface area contributed by atoms with Gasteiger partial charge in [-0.1, -0.05) is 22.0 Å². The minimum atomic E-state index is -4.51. The standard InChI is InChI=1S/C18H13BrF3NO4/c19-10-3-8(1-2-9(10)18(20,21)22)15-16-11(4-26-6-13(16)24)23-12-5-27-7-14(25)17(12)15/h1-3,15,23H,4-7H2. The van der Waals surface area contributed by atoms with Crippen LogP contribution in [0.1, 0.15) is 17.0 Å². The average molecular weight is 444 g/mol. The second-order valence-corrected chi connectivity index (χ2v) is 7.27. The Morgan fingerprint density at radius 1 is 0.963 bits per heavy atom. The van der Waals surface area contributed by atoms with Crippen LogP contribution < -0.4 is 5.32 Å². The Hall–Kier alpha value is -1.97. The second-order valence-electron chi connectivity index (χ2n) is 6.41. The van der Waals surface area contributed by atoms with Crippen LogP contribution >= 0.6 is 15.9 Å². The predicted octanol–water partition coefficient (Wildman–Crippen LogP) is 2.86. The molecule has 0 saturated heterocycles. The normalized spacial score (nSPS) is 21.2. The summed E-state index contributed by atoms with van der Waals surface area (Å²) in [4.78, 5) is 25.0. The van der Waals surface area contributed by atoms with E-state index in [2.05, 4.69) is 21.2 Å². The lowest BCUT2D eigenvalue weighted by Crippen LogP contribution is -2.42. The fourth-order valence-electron chi connectivity index (χ4n) is 3.62. The molecule has 0 fully saturated rings. The molecular formula is C18H13BrF3NO4. The maximum absolute atomic E-state index is 13.1. The zero-order valence-electron chi connectivity index (χ0n) is 13.8. The third-order valence-electron chi connectivity index (χ3n) is 4.72. The summed E-state index contributed by atoms with van der Waals surface area (Å²) < 4.78 is 49.6. The Kier molecular flexibility index (Phi) is 4.48. The molecular weight excluding hydrogens is 431 g/mol. The Balaban J connectivity index is 1.88. The van der Waals surface area contributed by atoms with Gasteiger partial charge in [0.1, 0.15) is 13.2 Å². The summed E-state index contributed by atoms with van der Waals surface area (Å²) in [5, 5.41) is 3.04. The van der Waals surface area contributed by atoms with E-state index in [0.717, 1.165) is 6.07 Å². The quantitative estimate of drug-likeness (QED) is 0.722. The molecule has 0 aromatic heterocycles. The number of halogens is 4. The molecule has 0 unspecified atom stereocenters. The average Bonchev–Trinajstić information content (AvgIpc) is 2.59. The van der Waals surface area contributed by atoms with Gasteiger partial charge < -0.3 is 14.8 Å². The largest absolute Gasteiger partial charge is 0.417 e. The van der Waals surface area contributed by atoms with Crippen LogP contribution in [0.25, 0.3) is 0 Å². The van der Waals surface area contributed by atoms with Crippen molar-refractivity contribution in [1.82, 2.24) is 5.32 Å². The molecule has 0 spiro atoms. The Bertz CT molecular complexity index is 878. The molecule has 3 aliphatic heterocycles. The highest BCUT2D eigenvalue weighted by Gasteiger charge is 2.41. The van der Waals surface area contributed by atoms with Gasteiger partial charge in [-0.15, -0.1) is 0 Å². The van der Waals surface area contributed by atoms with E-state index < -0.39 is 17.7 Å².